The minimum absolute atomic E-state index is 0.0305. The van der Waals surface area contributed by atoms with E-state index in [9.17, 15) is 4.79 Å². The Morgan fingerprint density at radius 3 is 2.30 bits per heavy atom. The van der Waals surface area contributed by atoms with Crippen LogP contribution in [0.2, 0.25) is 0 Å². The zero-order valence-corrected chi connectivity index (χ0v) is 14.0. The van der Waals surface area contributed by atoms with Gasteiger partial charge in [-0.1, -0.05) is 18.2 Å². The van der Waals surface area contributed by atoms with Crippen molar-refractivity contribution in [2.24, 2.45) is 0 Å². The van der Waals surface area contributed by atoms with Crippen molar-refractivity contribution in [2.45, 2.75) is 38.3 Å². The summed E-state index contributed by atoms with van der Waals surface area (Å²) in [6.07, 6.45) is 1.78. The summed E-state index contributed by atoms with van der Waals surface area (Å²) in [5.41, 5.74) is 1.71. The third-order valence-corrected chi connectivity index (χ3v) is 4.29. The molecule has 0 aliphatic carbocycles. The van der Waals surface area contributed by atoms with Gasteiger partial charge in [-0.2, -0.15) is 0 Å². The van der Waals surface area contributed by atoms with Gasteiger partial charge in [0.1, 0.15) is 5.75 Å². The highest BCUT2D eigenvalue weighted by molar-refractivity contribution is 5.92. The number of carbonyl (C=O) groups excluding carboxylic acids is 1. The second kappa shape index (κ2) is 5.69. The van der Waals surface area contributed by atoms with Crippen LogP contribution in [0.1, 0.15) is 44.0 Å². The molecule has 2 unspecified atom stereocenters. The molecule has 1 aromatic heterocycles. The van der Waals surface area contributed by atoms with Crippen LogP contribution in [0.25, 0.3) is 0 Å². The largest absolute Gasteiger partial charge is 0.497 e. The van der Waals surface area contributed by atoms with E-state index in [0.717, 1.165) is 17.0 Å². The van der Waals surface area contributed by atoms with Crippen molar-refractivity contribution in [3.05, 3.63) is 59.9 Å². The summed E-state index contributed by atoms with van der Waals surface area (Å²) in [4.78, 5) is 19.2. The normalized spacial score (nSPS) is 21.0. The number of methoxy groups -OCH3 is 1. The summed E-state index contributed by atoms with van der Waals surface area (Å²) >= 11 is 0. The Balaban J connectivity index is 1.99. The molecule has 0 bridgehead atoms. The second-order valence-electron chi connectivity index (χ2n) is 6.83. The number of hydrogen-bond donors (Lipinski definition) is 0. The van der Waals surface area contributed by atoms with Gasteiger partial charge in [-0.15, -0.1) is 0 Å². The number of likely N-dealkylation sites (tertiary alicyclic amines) is 1. The number of aromatic nitrogens is 1. The first-order chi connectivity index (χ1) is 10.9. The second-order valence-corrected chi connectivity index (χ2v) is 6.83. The molecule has 1 aliphatic heterocycles. The predicted molar refractivity (Wildman–Crippen MR) is 89.3 cm³/mol. The van der Waals surface area contributed by atoms with E-state index in [4.69, 9.17) is 4.74 Å². The van der Waals surface area contributed by atoms with E-state index in [1.54, 1.807) is 13.3 Å². The van der Waals surface area contributed by atoms with Crippen LogP contribution in [-0.4, -0.2) is 28.4 Å². The molecule has 1 amide bonds. The maximum Gasteiger partial charge on any atom is 0.233 e. The van der Waals surface area contributed by atoms with E-state index in [-0.39, 0.29) is 23.4 Å². The summed E-state index contributed by atoms with van der Waals surface area (Å²) in [7, 11) is 1.64. The predicted octanol–water partition coefficient (Wildman–Crippen LogP) is 3.56. The van der Waals surface area contributed by atoms with E-state index in [2.05, 4.69) is 25.8 Å². The Bertz CT molecular complexity index is 690. The fourth-order valence-electron chi connectivity index (χ4n) is 3.23. The highest BCUT2D eigenvalue weighted by Crippen LogP contribution is 2.49. The minimum atomic E-state index is -0.234. The van der Waals surface area contributed by atoms with Crippen molar-refractivity contribution in [1.29, 1.82) is 0 Å². The number of rotatable bonds is 3. The average Bonchev–Trinajstić information content (AvgIpc) is 2.52. The number of ether oxygens (including phenoxy) is 1. The number of hydrogen-bond acceptors (Lipinski definition) is 3. The van der Waals surface area contributed by atoms with Crippen molar-refractivity contribution >= 4 is 5.91 Å². The quantitative estimate of drug-likeness (QED) is 0.814. The maximum atomic E-state index is 12.8. The van der Waals surface area contributed by atoms with E-state index < -0.39 is 0 Å². The highest BCUT2D eigenvalue weighted by atomic mass is 16.5. The van der Waals surface area contributed by atoms with Gasteiger partial charge in [-0.3, -0.25) is 9.78 Å². The molecule has 4 nitrogen and oxygen atoms in total. The third kappa shape index (κ3) is 2.69. The van der Waals surface area contributed by atoms with Gasteiger partial charge in [-0.05, 0) is 50.6 Å². The Hall–Kier alpha value is -2.36. The fourth-order valence-corrected chi connectivity index (χ4v) is 3.23. The van der Waals surface area contributed by atoms with Gasteiger partial charge in [0.25, 0.3) is 0 Å². The number of nitrogens with zero attached hydrogens (tertiary/aromatic N) is 2. The number of β-lactam (4-membered cyclic amide) rings is 1. The summed E-state index contributed by atoms with van der Waals surface area (Å²) in [5.74, 6) is 0.760. The van der Waals surface area contributed by atoms with Gasteiger partial charge in [0.05, 0.1) is 24.8 Å². The molecule has 1 fully saturated rings. The lowest BCUT2D eigenvalue weighted by molar-refractivity contribution is -0.159. The topological polar surface area (TPSA) is 42.4 Å². The van der Waals surface area contributed by atoms with E-state index in [0.29, 0.717) is 0 Å². The molecule has 0 N–H and O–H groups in total. The molecule has 0 saturated carbocycles. The Labute approximate surface area is 137 Å². The van der Waals surface area contributed by atoms with E-state index in [1.807, 2.05) is 47.4 Å². The smallest absolute Gasteiger partial charge is 0.233 e. The molecule has 2 aromatic rings. The first kappa shape index (κ1) is 15.5. The molecule has 1 saturated heterocycles. The molecular weight excluding hydrogens is 288 g/mol. The highest BCUT2D eigenvalue weighted by Gasteiger charge is 2.53. The molecule has 2 atom stereocenters. The molecule has 120 valence electrons. The van der Waals surface area contributed by atoms with Gasteiger partial charge in [0.15, 0.2) is 0 Å². The van der Waals surface area contributed by atoms with Crippen LogP contribution in [0.15, 0.2) is 48.7 Å². The standard InChI is InChI=1S/C19H22N2O2/c1-19(2,3)21-17(15-7-5-6-12-20-15)16(18(21)22)13-8-10-14(23-4)11-9-13/h5-12,16-17H,1-4H3. The van der Waals surface area contributed by atoms with Crippen molar-refractivity contribution in [3.8, 4) is 5.75 Å². The van der Waals surface area contributed by atoms with Crippen LogP contribution in [-0.2, 0) is 4.79 Å². The Morgan fingerprint density at radius 1 is 1.09 bits per heavy atom. The lowest BCUT2D eigenvalue weighted by Crippen LogP contribution is -2.61. The van der Waals surface area contributed by atoms with E-state index in [1.165, 1.54) is 0 Å². The molecule has 2 heterocycles. The van der Waals surface area contributed by atoms with E-state index >= 15 is 0 Å². The third-order valence-electron chi connectivity index (χ3n) is 4.29. The van der Waals surface area contributed by atoms with Crippen molar-refractivity contribution in [1.82, 2.24) is 9.88 Å². The summed E-state index contributed by atoms with van der Waals surface area (Å²) in [6, 6.07) is 13.6. The first-order valence-electron chi connectivity index (χ1n) is 7.81. The Kier molecular flexibility index (Phi) is 3.84. The van der Waals surface area contributed by atoms with Crippen molar-refractivity contribution < 1.29 is 9.53 Å². The molecule has 0 spiro atoms. The van der Waals surface area contributed by atoms with Crippen LogP contribution in [0.3, 0.4) is 0 Å². The van der Waals surface area contributed by atoms with Crippen molar-refractivity contribution in [3.63, 3.8) is 0 Å². The van der Waals surface area contributed by atoms with Crippen LogP contribution in [0.5, 0.6) is 5.75 Å². The lowest BCUT2D eigenvalue weighted by Gasteiger charge is -2.53. The number of pyridine rings is 1. The fraction of sp³-hybridized carbons (Fsp3) is 0.368. The van der Waals surface area contributed by atoms with Gasteiger partial charge < -0.3 is 9.64 Å². The number of amides is 1. The van der Waals surface area contributed by atoms with Crippen LogP contribution in [0, 0.1) is 0 Å². The van der Waals surface area contributed by atoms with Gasteiger partial charge in [0.2, 0.25) is 5.91 Å². The first-order valence-corrected chi connectivity index (χ1v) is 7.81. The molecule has 23 heavy (non-hydrogen) atoms. The number of benzene rings is 1. The molecule has 1 aliphatic rings. The average molecular weight is 310 g/mol. The molecule has 3 rings (SSSR count). The minimum Gasteiger partial charge on any atom is -0.497 e. The van der Waals surface area contributed by atoms with Gasteiger partial charge in [-0.25, -0.2) is 0 Å². The zero-order chi connectivity index (χ0) is 16.6. The molecule has 1 aromatic carbocycles. The van der Waals surface area contributed by atoms with Gasteiger partial charge >= 0.3 is 0 Å². The molecule has 0 radical (unpaired) electrons. The summed E-state index contributed by atoms with van der Waals surface area (Å²) < 4.78 is 5.21. The van der Waals surface area contributed by atoms with Crippen LogP contribution >= 0.6 is 0 Å². The van der Waals surface area contributed by atoms with Crippen molar-refractivity contribution in [2.75, 3.05) is 7.11 Å². The summed E-state index contributed by atoms with van der Waals surface area (Å²) in [5, 5.41) is 0. The number of carbonyl (C=O) groups is 1. The zero-order valence-electron chi connectivity index (χ0n) is 14.0. The van der Waals surface area contributed by atoms with Crippen LogP contribution < -0.4 is 4.74 Å². The summed E-state index contributed by atoms with van der Waals surface area (Å²) in [6.45, 7) is 6.18. The maximum absolute atomic E-state index is 12.8. The SMILES string of the molecule is COc1ccc(C2C(=O)N(C(C)(C)C)C2c2ccccn2)cc1. The lowest BCUT2D eigenvalue weighted by atomic mass is 9.76. The molecular formula is C19H22N2O2. The Morgan fingerprint density at radius 2 is 1.78 bits per heavy atom. The molecule has 4 heteroatoms. The monoisotopic (exact) mass is 310 g/mol. The van der Waals surface area contributed by atoms with Crippen LogP contribution in [0.4, 0.5) is 0 Å². The van der Waals surface area contributed by atoms with Gasteiger partial charge in [0, 0.05) is 11.7 Å².